The lowest BCUT2D eigenvalue weighted by molar-refractivity contribution is -0.137. The number of nitrogens with one attached hydrogen (secondary N) is 2. The molecule has 0 aromatic rings. The van der Waals surface area contributed by atoms with Gasteiger partial charge < -0.3 is 10.6 Å². The molecule has 0 radical (unpaired) electrons. The highest BCUT2D eigenvalue weighted by atomic mass is 16.2. The van der Waals surface area contributed by atoms with Gasteiger partial charge in [0.05, 0.1) is 12.3 Å². The first-order valence-corrected chi connectivity index (χ1v) is 22.2. The molecule has 4 atom stereocenters. The second-order valence-corrected chi connectivity index (χ2v) is 16.1. The van der Waals surface area contributed by atoms with Gasteiger partial charge >= 0.3 is 0 Å². The van der Waals surface area contributed by atoms with Crippen molar-refractivity contribution in [3.05, 3.63) is 0 Å². The van der Waals surface area contributed by atoms with E-state index < -0.39 is 0 Å². The molecule has 0 aromatic heterocycles. The highest BCUT2D eigenvalue weighted by Gasteiger charge is 2.35. The Morgan fingerprint density at radius 1 is 0.380 bits per heavy atom. The van der Waals surface area contributed by atoms with E-state index in [-0.39, 0.29) is 36.0 Å². The summed E-state index contributed by atoms with van der Waals surface area (Å²) in [7, 11) is 8.10. The second-order valence-electron chi connectivity index (χ2n) is 16.1. The van der Waals surface area contributed by atoms with Crippen molar-refractivity contribution in [1.29, 1.82) is 0 Å². The van der Waals surface area contributed by atoms with Crippen LogP contribution >= 0.6 is 0 Å². The van der Waals surface area contributed by atoms with E-state index in [0.29, 0.717) is 0 Å². The van der Waals surface area contributed by atoms with Gasteiger partial charge in [-0.3, -0.25) is 19.4 Å². The summed E-state index contributed by atoms with van der Waals surface area (Å²) < 4.78 is 0. The molecule has 2 N–H and O–H groups in total. The lowest BCUT2D eigenvalue weighted by Gasteiger charge is -2.32. The van der Waals surface area contributed by atoms with E-state index in [1.807, 2.05) is 28.2 Å². The lowest BCUT2D eigenvalue weighted by Crippen LogP contribution is -2.52. The van der Waals surface area contributed by atoms with Gasteiger partial charge in [-0.05, 0) is 53.9 Å². The molecule has 298 valence electrons. The molecule has 0 rings (SSSR count). The average molecular weight is 707 g/mol. The highest BCUT2D eigenvalue weighted by molar-refractivity contribution is 5.88. The number of carbonyl (C=O) groups is 2. The summed E-state index contributed by atoms with van der Waals surface area (Å²) in [5.74, 6) is -0.434. The first-order chi connectivity index (χ1) is 24.2. The zero-order valence-corrected chi connectivity index (χ0v) is 35.2. The van der Waals surface area contributed by atoms with Crippen LogP contribution in [0.4, 0.5) is 0 Å². The molecule has 0 aliphatic heterocycles. The van der Waals surface area contributed by atoms with E-state index in [1.54, 1.807) is 0 Å². The minimum absolute atomic E-state index is 0.0121. The van der Waals surface area contributed by atoms with Gasteiger partial charge in [0.25, 0.3) is 0 Å². The molecule has 2 amide bonds. The van der Waals surface area contributed by atoms with Crippen molar-refractivity contribution in [2.24, 2.45) is 11.8 Å². The van der Waals surface area contributed by atoms with Crippen molar-refractivity contribution in [3.8, 4) is 0 Å². The monoisotopic (exact) mass is 707 g/mol. The molecular weight excluding hydrogens is 617 g/mol. The molecule has 50 heavy (non-hydrogen) atoms. The zero-order valence-electron chi connectivity index (χ0n) is 35.2. The fraction of sp³-hybridized carbons (Fsp3) is 0.955. The minimum atomic E-state index is -0.284. The third-order valence-corrected chi connectivity index (χ3v) is 11.0. The molecule has 0 saturated carbocycles. The normalized spacial score (nSPS) is 14.2. The first kappa shape index (κ1) is 48.9. The molecule has 0 saturated heterocycles. The highest BCUT2D eigenvalue weighted by Crippen LogP contribution is 2.27. The van der Waals surface area contributed by atoms with Gasteiger partial charge in [0.2, 0.25) is 11.8 Å². The largest absolute Gasteiger partial charge is 0.340 e. The summed E-state index contributed by atoms with van der Waals surface area (Å²) >= 11 is 0. The summed E-state index contributed by atoms with van der Waals surface area (Å²) in [5.41, 5.74) is 0. The standard InChI is InChI=1S/C44H90N4O2/c1-9-13-15-17-19-21-23-25-26-28-30-32-34-36-38-40(44(50)46-42(12-4)48(7)8)39(43(49)45-41(11-3)47(5)6)37-35-33-31-29-27-24-22-20-18-16-14-10-2/h39-42H,9-38H2,1-8H3,(H,45,49)(H,46,50). The number of amides is 2. The Hall–Kier alpha value is -1.14. The molecule has 0 heterocycles. The van der Waals surface area contributed by atoms with Crippen LogP contribution in [0.15, 0.2) is 0 Å². The smallest absolute Gasteiger partial charge is 0.225 e. The SMILES string of the molecule is CCCCCCCCCCCCCCCCC(C(=O)NC(CC)N(C)C)C(CCCCCCCCCCCCCC)C(=O)NC(CC)N(C)C. The number of hydrogen-bond acceptors (Lipinski definition) is 4. The third-order valence-electron chi connectivity index (χ3n) is 11.0. The van der Waals surface area contributed by atoms with Gasteiger partial charge in [0.15, 0.2) is 0 Å². The maximum Gasteiger partial charge on any atom is 0.225 e. The number of carbonyl (C=O) groups excluding carboxylic acids is 2. The molecule has 6 nitrogen and oxygen atoms in total. The Morgan fingerprint density at radius 2 is 0.600 bits per heavy atom. The lowest BCUT2D eigenvalue weighted by atomic mass is 9.82. The summed E-state index contributed by atoms with van der Waals surface area (Å²) in [4.78, 5) is 32.2. The van der Waals surface area contributed by atoms with Crippen LogP contribution in [-0.2, 0) is 9.59 Å². The Morgan fingerprint density at radius 3 is 0.800 bits per heavy atom. The Labute approximate surface area is 313 Å². The van der Waals surface area contributed by atoms with Crippen molar-refractivity contribution >= 4 is 11.8 Å². The van der Waals surface area contributed by atoms with Gasteiger partial charge in [-0.2, -0.15) is 0 Å². The van der Waals surface area contributed by atoms with Crippen molar-refractivity contribution in [3.63, 3.8) is 0 Å². The van der Waals surface area contributed by atoms with Gasteiger partial charge in [0, 0.05) is 11.8 Å². The number of rotatable bonds is 37. The molecule has 0 aromatic carbocycles. The fourth-order valence-corrected chi connectivity index (χ4v) is 7.53. The number of hydrogen-bond donors (Lipinski definition) is 2. The second kappa shape index (κ2) is 34.9. The van der Waals surface area contributed by atoms with Gasteiger partial charge in [0.1, 0.15) is 0 Å². The Bertz CT molecular complexity index is 758. The average Bonchev–Trinajstić information content (AvgIpc) is 3.09. The number of nitrogens with zero attached hydrogens (tertiary/aromatic N) is 2. The molecular formula is C44H90N4O2. The summed E-state index contributed by atoms with van der Waals surface area (Å²) in [6.45, 7) is 8.80. The fourth-order valence-electron chi connectivity index (χ4n) is 7.53. The van der Waals surface area contributed by atoms with Crippen LogP contribution in [0.1, 0.15) is 220 Å². The van der Waals surface area contributed by atoms with E-state index in [4.69, 9.17) is 0 Å². The van der Waals surface area contributed by atoms with E-state index in [1.165, 1.54) is 141 Å². The van der Waals surface area contributed by atoms with Crippen molar-refractivity contribution in [2.45, 2.75) is 233 Å². The van der Waals surface area contributed by atoms with Crippen LogP contribution in [0.5, 0.6) is 0 Å². The quantitative estimate of drug-likeness (QED) is 0.0498. The molecule has 0 aliphatic rings. The molecule has 0 aliphatic carbocycles. The van der Waals surface area contributed by atoms with E-state index >= 15 is 0 Å². The molecule has 4 unspecified atom stereocenters. The van der Waals surface area contributed by atoms with Gasteiger partial charge in [-0.15, -0.1) is 0 Å². The first-order valence-electron chi connectivity index (χ1n) is 22.2. The summed E-state index contributed by atoms with van der Waals surface area (Å²) in [6, 6.07) is 0. The maximum atomic E-state index is 14.0. The zero-order chi connectivity index (χ0) is 37.2. The van der Waals surface area contributed by atoms with Gasteiger partial charge in [-0.25, -0.2) is 0 Å². The third kappa shape index (κ3) is 26.6. The minimum Gasteiger partial charge on any atom is -0.340 e. The van der Waals surface area contributed by atoms with Crippen LogP contribution in [-0.4, -0.2) is 62.1 Å². The molecule has 0 fully saturated rings. The summed E-state index contributed by atoms with van der Waals surface area (Å²) in [6.07, 6.45) is 37.4. The van der Waals surface area contributed by atoms with Crippen LogP contribution in [0.3, 0.4) is 0 Å². The van der Waals surface area contributed by atoms with Crippen LogP contribution in [0, 0.1) is 11.8 Å². The van der Waals surface area contributed by atoms with Crippen molar-refractivity contribution in [1.82, 2.24) is 20.4 Å². The van der Waals surface area contributed by atoms with E-state index in [9.17, 15) is 9.59 Å². The predicted octanol–water partition coefficient (Wildman–Crippen LogP) is 12.0. The van der Waals surface area contributed by atoms with Gasteiger partial charge in [-0.1, -0.05) is 195 Å². The Balaban J connectivity index is 5.13. The van der Waals surface area contributed by atoms with Crippen LogP contribution in [0.2, 0.25) is 0 Å². The predicted molar refractivity (Wildman–Crippen MR) is 219 cm³/mol. The van der Waals surface area contributed by atoms with Crippen LogP contribution in [0.25, 0.3) is 0 Å². The van der Waals surface area contributed by atoms with E-state index in [2.05, 4.69) is 48.1 Å². The number of unbranched alkanes of at least 4 members (excludes halogenated alkanes) is 24. The maximum absolute atomic E-state index is 14.0. The topological polar surface area (TPSA) is 64.7 Å². The molecule has 6 heteroatoms. The van der Waals surface area contributed by atoms with E-state index in [0.717, 1.165) is 51.4 Å². The summed E-state index contributed by atoms with van der Waals surface area (Å²) in [5, 5.41) is 6.67. The van der Waals surface area contributed by atoms with Crippen LogP contribution < -0.4 is 10.6 Å². The molecule has 0 spiro atoms. The Kier molecular flexibility index (Phi) is 34.1. The van der Waals surface area contributed by atoms with Crippen molar-refractivity contribution in [2.75, 3.05) is 28.2 Å². The molecule has 0 bridgehead atoms. The van der Waals surface area contributed by atoms with Crippen molar-refractivity contribution < 1.29 is 9.59 Å².